The molecule has 0 spiro atoms. The number of fused-ring (bicyclic) bond motifs is 1. The molecule has 1 aliphatic carbocycles. The summed E-state index contributed by atoms with van der Waals surface area (Å²) in [5.74, 6) is -0.849. The van der Waals surface area contributed by atoms with Crippen molar-refractivity contribution in [2.24, 2.45) is 0 Å². The third kappa shape index (κ3) is 2.21. The van der Waals surface area contributed by atoms with E-state index in [1.54, 1.807) is 0 Å². The van der Waals surface area contributed by atoms with Gasteiger partial charge in [-0.1, -0.05) is 0 Å². The highest BCUT2D eigenvalue weighted by Gasteiger charge is 2.27. The molecule has 2 aliphatic rings. The van der Waals surface area contributed by atoms with Crippen LogP contribution in [0, 0.1) is 0 Å². The van der Waals surface area contributed by atoms with E-state index in [0.29, 0.717) is 5.56 Å². The van der Waals surface area contributed by atoms with Gasteiger partial charge >= 0.3 is 0 Å². The number of hydrogen-bond acceptors (Lipinski definition) is 6. The third-order valence-electron chi connectivity index (χ3n) is 3.16. The number of phenolic OH excluding ortho intramolecular Hbond substituents is 2. The van der Waals surface area contributed by atoms with Gasteiger partial charge in [-0.05, 0) is 36.4 Å². The van der Waals surface area contributed by atoms with E-state index < -0.39 is 6.10 Å². The van der Waals surface area contributed by atoms with Crippen LogP contribution < -0.4 is 0 Å². The third-order valence-corrected chi connectivity index (χ3v) is 3.16. The Kier molecular flexibility index (Phi) is 2.88. The van der Waals surface area contributed by atoms with E-state index >= 15 is 0 Å². The van der Waals surface area contributed by atoms with Crippen LogP contribution in [0.5, 0.6) is 11.5 Å². The van der Waals surface area contributed by atoms with Crippen LogP contribution in [0.3, 0.4) is 0 Å². The largest absolute Gasteiger partial charge is 0.507 e. The van der Waals surface area contributed by atoms with Gasteiger partial charge in [-0.3, -0.25) is 0 Å². The molecule has 1 unspecified atom stereocenters. The van der Waals surface area contributed by atoms with Crippen molar-refractivity contribution in [3.8, 4) is 11.5 Å². The summed E-state index contributed by atoms with van der Waals surface area (Å²) in [7, 11) is 0. The molecule has 0 amide bonds. The smallest absolute Gasteiger partial charge is 0.176 e. The summed E-state index contributed by atoms with van der Waals surface area (Å²) >= 11 is 0. The minimum absolute atomic E-state index is 0.0437. The van der Waals surface area contributed by atoms with Crippen molar-refractivity contribution in [2.75, 3.05) is 0 Å². The second kappa shape index (κ2) is 4.60. The molecule has 1 aliphatic heterocycles. The molecule has 0 bridgehead atoms. The second-order valence-electron chi connectivity index (χ2n) is 4.65. The standard InChI is InChI=1S/C15H12O6/c16-8-4-11(18)9-6-13(20)15(21-14(9)5-8)7-1-2-10(17)12(19)3-7/h1-6,8,16-20H. The summed E-state index contributed by atoms with van der Waals surface area (Å²) in [6.45, 7) is 0. The van der Waals surface area contributed by atoms with Gasteiger partial charge in [-0.2, -0.15) is 0 Å². The first kappa shape index (κ1) is 13.1. The van der Waals surface area contributed by atoms with Crippen LogP contribution in [-0.4, -0.2) is 31.6 Å². The zero-order chi connectivity index (χ0) is 15.1. The van der Waals surface area contributed by atoms with E-state index in [4.69, 9.17) is 4.74 Å². The minimum Gasteiger partial charge on any atom is -0.507 e. The van der Waals surface area contributed by atoms with Gasteiger partial charge in [0.25, 0.3) is 0 Å². The first-order valence-electron chi connectivity index (χ1n) is 6.12. The number of rotatable bonds is 1. The van der Waals surface area contributed by atoms with Crippen LogP contribution >= 0.6 is 0 Å². The van der Waals surface area contributed by atoms with Gasteiger partial charge in [-0.25, -0.2) is 0 Å². The molecule has 1 atom stereocenters. The van der Waals surface area contributed by atoms with Crippen molar-refractivity contribution in [3.05, 3.63) is 64.8 Å². The lowest BCUT2D eigenvalue weighted by molar-refractivity contribution is 0.245. The van der Waals surface area contributed by atoms with Gasteiger partial charge in [-0.15, -0.1) is 0 Å². The topological polar surface area (TPSA) is 110 Å². The number of aliphatic hydroxyl groups is 3. The quantitative estimate of drug-likeness (QED) is 0.505. The first-order chi connectivity index (χ1) is 9.95. The molecule has 108 valence electrons. The summed E-state index contributed by atoms with van der Waals surface area (Å²) in [6.07, 6.45) is 2.89. The van der Waals surface area contributed by atoms with Gasteiger partial charge in [0, 0.05) is 5.56 Å². The van der Waals surface area contributed by atoms with Crippen molar-refractivity contribution in [1.82, 2.24) is 0 Å². The molecule has 1 aromatic carbocycles. The fourth-order valence-corrected chi connectivity index (χ4v) is 2.14. The summed E-state index contributed by atoms with van der Waals surface area (Å²) < 4.78 is 5.49. The van der Waals surface area contributed by atoms with Crippen molar-refractivity contribution in [3.63, 3.8) is 0 Å². The Morgan fingerprint density at radius 1 is 0.952 bits per heavy atom. The average Bonchev–Trinajstić information content (AvgIpc) is 2.42. The molecular formula is C15H12O6. The lowest BCUT2D eigenvalue weighted by Gasteiger charge is -2.24. The highest BCUT2D eigenvalue weighted by molar-refractivity contribution is 5.71. The van der Waals surface area contributed by atoms with E-state index in [-0.39, 0.29) is 40.1 Å². The van der Waals surface area contributed by atoms with Gasteiger partial charge < -0.3 is 30.3 Å². The Labute approximate surface area is 119 Å². The maximum atomic E-state index is 10.0. The fraction of sp³-hybridized carbons (Fsp3) is 0.0667. The molecule has 0 radical (unpaired) electrons. The molecule has 1 aromatic rings. The predicted octanol–water partition coefficient (Wildman–Crippen LogP) is 1.98. The SMILES string of the molecule is OC1=CC(O)C=C2OC(c3ccc(O)c(O)c3)=C(O)C=C12. The monoisotopic (exact) mass is 288 g/mol. The van der Waals surface area contributed by atoms with Crippen molar-refractivity contribution in [2.45, 2.75) is 6.10 Å². The van der Waals surface area contributed by atoms with E-state index in [1.807, 2.05) is 0 Å². The van der Waals surface area contributed by atoms with Crippen LogP contribution in [0.2, 0.25) is 0 Å². The maximum absolute atomic E-state index is 10.0. The van der Waals surface area contributed by atoms with Crippen LogP contribution in [0.25, 0.3) is 5.76 Å². The molecule has 0 saturated carbocycles. The Hall–Kier alpha value is -2.86. The van der Waals surface area contributed by atoms with Gasteiger partial charge in [0.05, 0.1) is 11.7 Å². The molecule has 6 nitrogen and oxygen atoms in total. The molecule has 0 fully saturated rings. The fourth-order valence-electron chi connectivity index (χ4n) is 2.14. The second-order valence-corrected chi connectivity index (χ2v) is 4.65. The number of aliphatic hydroxyl groups excluding tert-OH is 3. The predicted molar refractivity (Wildman–Crippen MR) is 73.3 cm³/mol. The van der Waals surface area contributed by atoms with Gasteiger partial charge in [0.15, 0.2) is 23.0 Å². The molecule has 1 heterocycles. The number of phenols is 2. The minimum atomic E-state index is -0.994. The Balaban J connectivity index is 2.08. The summed E-state index contributed by atoms with van der Waals surface area (Å²) in [5, 5.41) is 48.1. The van der Waals surface area contributed by atoms with E-state index in [1.165, 1.54) is 36.4 Å². The number of ether oxygens (including phenoxy) is 1. The number of benzene rings is 1. The highest BCUT2D eigenvalue weighted by atomic mass is 16.5. The Morgan fingerprint density at radius 3 is 2.43 bits per heavy atom. The molecule has 6 heteroatoms. The van der Waals surface area contributed by atoms with Crippen molar-refractivity contribution < 1.29 is 30.3 Å². The van der Waals surface area contributed by atoms with Crippen LogP contribution in [0.1, 0.15) is 5.56 Å². The molecule has 21 heavy (non-hydrogen) atoms. The number of aromatic hydroxyl groups is 2. The van der Waals surface area contributed by atoms with Crippen LogP contribution in [0.15, 0.2) is 59.3 Å². The Bertz CT molecular complexity index is 739. The lowest BCUT2D eigenvalue weighted by Crippen LogP contribution is -2.15. The summed E-state index contributed by atoms with van der Waals surface area (Å²) in [4.78, 5) is 0. The normalized spacial score (nSPS) is 21.0. The Morgan fingerprint density at radius 2 is 1.71 bits per heavy atom. The highest BCUT2D eigenvalue weighted by Crippen LogP contribution is 2.38. The molecule has 3 rings (SSSR count). The number of hydrogen-bond donors (Lipinski definition) is 5. The maximum Gasteiger partial charge on any atom is 0.176 e. The molecular weight excluding hydrogens is 276 g/mol. The first-order valence-corrected chi connectivity index (χ1v) is 6.12. The molecule has 0 aromatic heterocycles. The summed E-state index contributed by atoms with van der Waals surface area (Å²) in [6, 6.07) is 3.94. The molecule has 5 N–H and O–H groups in total. The lowest BCUT2D eigenvalue weighted by atomic mass is 9.99. The zero-order valence-electron chi connectivity index (χ0n) is 10.7. The van der Waals surface area contributed by atoms with Crippen LogP contribution in [0.4, 0.5) is 0 Å². The zero-order valence-corrected chi connectivity index (χ0v) is 10.7. The van der Waals surface area contributed by atoms with Crippen molar-refractivity contribution >= 4 is 5.76 Å². The van der Waals surface area contributed by atoms with Crippen LogP contribution in [-0.2, 0) is 4.74 Å². The average molecular weight is 288 g/mol. The van der Waals surface area contributed by atoms with E-state index in [2.05, 4.69) is 0 Å². The van der Waals surface area contributed by atoms with Crippen molar-refractivity contribution in [1.29, 1.82) is 0 Å². The van der Waals surface area contributed by atoms with E-state index in [9.17, 15) is 25.5 Å². The molecule has 0 saturated heterocycles. The van der Waals surface area contributed by atoms with E-state index in [0.717, 1.165) is 0 Å². The van der Waals surface area contributed by atoms with Gasteiger partial charge in [0.2, 0.25) is 0 Å². The number of allylic oxidation sites excluding steroid dienone is 1. The summed E-state index contributed by atoms with van der Waals surface area (Å²) in [5.41, 5.74) is 0.590. The van der Waals surface area contributed by atoms with Gasteiger partial charge in [0.1, 0.15) is 11.5 Å².